The molecule has 0 saturated heterocycles. The number of hydrogen-bond acceptors (Lipinski definition) is 12. The van der Waals surface area contributed by atoms with Crippen molar-refractivity contribution in [2.24, 2.45) is 5.73 Å². The van der Waals surface area contributed by atoms with E-state index in [9.17, 15) is 0 Å². The number of nitrogens with two attached hydrogens (primary N) is 1. The average Bonchev–Trinajstić information content (AvgIpc) is 3.89. The Kier molecular flexibility index (Phi) is 18.9. The summed E-state index contributed by atoms with van der Waals surface area (Å²) in [6.45, 7) is 11.9. The monoisotopic (exact) mass is 910 g/mol. The van der Waals surface area contributed by atoms with Crippen molar-refractivity contribution >= 4 is 51.9 Å². The Balaban J connectivity index is 0.000000269. The Morgan fingerprint density at radius 3 is 1.52 bits per heavy atom. The smallest absolute Gasteiger partial charge is 0.168 e. The molecule has 4 aromatic heterocycles. The number of halogens is 2. The number of nitrogens with one attached hydrogen (secondary N) is 1. The molecule has 0 radical (unpaired) electrons. The number of fused-ring (bicyclic) bond motifs is 4. The molecule has 64 heavy (non-hydrogen) atoms. The van der Waals surface area contributed by atoms with E-state index in [2.05, 4.69) is 99.5 Å². The number of rotatable bonds is 6. The second kappa shape index (κ2) is 23.3. The first-order valence-corrected chi connectivity index (χ1v) is 19.5. The first-order valence-electron chi connectivity index (χ1n) is 19.1. The molecular weight excluding hydrogens is 851 g/mol. The molecule has 8 aromatic rings. The van der Waals surface area contributed by atoms with Gasteiger partial charge in [-0.1, -0.05) is 65.6 Å². The first-order chi connectivity index (χ1) is 28.7. The van der Waals surface area contributed by atoms with Crippen molar-refractivity contribution in [1.82, 2.24) is 39.5 Å². The number of anilines is 1. The minimum absolute atomic E-state index is 0. The van der Waals surface area contributed by atoms with E-state index in [-0.39, 0.29) is 42.1 Å². The van der Waals surface area contributed by atoms with Crippen molar-refractivity contribution in [2.45, 2.75) is 70.5 Å². The van der Waals surface area contributed by atoms with Crippen LogP contribution in [0.4, 0.5) is 5.82 Å². The van der Waals surface area contributed by atoms with E-state index in [0.29, 0.717) is 44.7 Å². The van der Waals surface area contributed by atoms with Crippen LogP contribution < -0.4 is 30.0 Å². The lowest BCUT2D eigenvalue weighted by Gasteiger charge is -2.19. The van der Waals surface area contributed by atoms with E-state index >= 15 is 0 Å². The summed E-state index contributed by atoms with van der Waals surface area (Å²) in [6, 6.07) is 24.3. The molecule has 0 bridgehead atoms. The molecule has 0 spiro atoms. The van der Waals surface area contributed by atoms with Gasteiger partial charge in [-0.25, -0.2) is 29.3 Å². The number of aryl methyl sites for hydroxylation is 4. The SMILES string of the molecule is C.C.C.C.Cc1cc(C)cc(-n2ncc3c(Cl)ncnc32)c1.Cc1cc(C)cc(-n2ncc3c(NCc4ccc5c(c4)OCCO5)ncnc32)c1.Cl.NCc1ccc2c(c1)OCCO2. The molecule has 16 heteroatoms. The highest BCUT2D eigenvalue weighted by atomic mass is 35.5. The van der Waals surface area contributed by atoms with Gasteiger partial charge in [-0.3, -0.25) is 0 Å². The molecule has 0 unspecified atom stereocenters. The van der Waals surface area contributed by atoms with Crippen LogP contribution >= 0.6 is 24.0 Å². The van der Waals surface area contributed by atoms with E-state index in [4.69, 9.17) is 36.3 Å². The number of ether oxygens (including phenoxy) is 4. The summed E-state index contributed by atoms with van der Waals surface area (Å²) >= 11 is 6.02. The Bertz CT molecular complexity index is 2740. The molecule has 0 aliphatic carbocycles. The third-order valence-electron chi connectivity index (χ3n) is 9.49. The van der Waals surface area contributed by atoms with Gasteiger partial charge in [0.05, 0.1) is 34.5 Å². The molecule has 14 nitrogen and oxygen atoms in total. The van der Waals surface area contributed by atoms with Gasteiger partial charge in [-0.2, -0.15) is 10.2 Å². The van der Waals surface area contributed by atoms with E-state index in [1.165, 1.54) is 28.6 Å². The molecule has 3 N–H and O–H groups in total. The van der Waals surface area contributed by atoms with Gasteiger partial charge < -0.3 is 30.0 Å². The summed E-state index contributed by atoms with van der Waals surface area (Å²) in [6.07, 6.45) is 6.51. The van der Waals surface area contributed by atoms with Gasteiger partial charge in [0.25, 0.3) is 0 Å². The Morgan fingerprint density at radius 2 is 1.00 bits per heavy atom. The average molecular weight is 912 g/mol. The van der Waals surface area contributed by atoms with Crippen molar-refractivity contribution in [3.05, 3.63) is 136 Å². The Morgan fingerprint density at radius 1 is 0.562 bits per heavy atom. The van der Waals surface area contributed by atoms with Crippen molar-refractivity contribution in [1.29, 1.82) is 0 Å². The number of aromatic nitrogens is 8. The highest BCUT2D eigenvalue weighted by Gasteiger charge is 2.15. The number of nitrogens with zero attached hydrogens (tertiary/aromatic N) is 8. The Labute approximate surface area is 387 Å². The fourth-order valence-electron chi connectivity index (χ4n) is 6.92. The topological polar surface area (TPSA) is 162 Å². The van der Waals surface area contributed by atoms with E-state index < -0.39 is 0 Å². The van der Waals surface area contributed by atoms with Crippen molar-refractivity contribution in [3.8, 4) is 34.4 Å². The third-order valence-corrected chi connectivity index (χ3v) is 9.80. The summed E-state index contributed by atoms with van der Waals surface area (Å²) in [5.41, 5.74) is 15.9. The summed E-state index contributed by atoms with van der Waals surface area (Å²) in [7, 11) is 0. The standard InChI is InChI=1S/C22H21N5O2.C13H11ClN4.C9H11NO2.4CH4.ClH/c1-14-7-15(2)9-17(8-14)27-22-18(12-26-27)21(24-13-25-22)23-11-16-3-4-19-20(10-16)29-6-5-28-19;1-8-3-9(2)5-10(4-8)18-13-11(6-17-18)12(14)15-7-16-13;10-6-7-1-2-8-9(5-7)12-4-3-11-8;;;;;/h3-4,7-10,12-13H,5-6,11H2,1-2H3,(H,23,24,25);3-7H,1-2H3;1-2,5H,3-4,6,10H2;4*1H4;1H. The van der Waals surface area contributed by atoms with Crippen molar-refractivity contribution in [2.75, 3.05) is 31.7 Å². The zero-order valence-corrected chi connectivity index (χ0v) is 35.1. The van der Waals surface area contributed by atoms with Crippen LogP contribution in [0, 0.1) is 27.7 Å². The van der Waals surface area contributed by atoms with Crippen LogP contribution in [0.2, 0.25) is 5.15 Å². The zero-order valence-electron chi connectivity index (χ0n) is 33.6. The van der Waals surface area contributed by atoms with Crippen LogP contribution in [0.1, 0.15) is 63.1 Å². The first kappa shape index (κ1) is 51.9. The van der Waals surface area contributed by atoms with Gasteiger partial charge in [-0.15, -0.1) is 12.4 Å². The predicted octanol–water partition coefficient (Wildman–Crippen LogP) is 10.8. The molecule has 2 aliphatic rings. The van der Waals surface area contributed by atoms with Gasteiger partial charge in [0.1, 0.15) is 50.1 Å². The minimum atomic E-state index is 0. The number of benzene rings is 4. The maximum atomic E-state index is 6.02. The highest BCUT2D eigenvalue weighted by molar-refractivity contribution is 6.33. The quantitative estimate of drug-likeness (QED) is 0.152. The second-order valence-corrected chi connectivity index (χ2v) is 14.5. The summed E-state index contributed by atoms with van der Waals surface area (Å²) in [5, 5.41) is 14.4. The summed E-state index contributed by atoms with van der Waals surface area (Å²) in [5.74, 6) is 3.95. The van der Waals surface area contributed by atoms with Crippen LogP contribution in [0.5, 0.6) is 23.0 Å². The fourth-order valence-corrected chi connectivity index (χ4v) is 7.10. The molecular formula is C48H60Cl2N10O4. The maximum Gasteiger partial charge on any atom is 0.168 e. The van der Waals surface area contributed by atoms with Crippen LogP contribution in [0.25, 0.3) is 33.4 Å². The molecule has 0 atom stereocenters. The van der Waals surface area contributed by atoms with E-state index in [1.807, 2.05) is 41.1 Å². The van der Waals surface area contributed by atoms with E-state index in [1.54, 1.807) is 23.4 Å². The van der Waals surface area contributed by atoms with Gasteiger partial charge >= 0.3 is 0 Å². The molecule has 340 valence electrons. The van der Waals surface area contributed by atoms with Gasteiger partial charge in [0.2, 0.25) is 0 Å². The number of hydrogen-bond donors (Lipinski definition) is 2. The minimum Gasteiger partial charge on any atom is -0.486 e. The largest absolute Gasteiger partial charge is 0.486 e. The molecule has 2 aliphatic heterocycles. The van der Waals surface area contributed by atoms with E-state index in [0.717, 1.165) is 73.4 Å². The second-order valence-electron chi connectivity index (χ2n) is 14.2. The van der Waals surface area contributed by atoms with Gasteiger partial charge in [-0.05, 0) is 110 Å². The molecule has 4 aromatic carbocycles. The van der Waals surface area contributed by atoms with Gasteiger partial charge in [0, 0.05) is 13.1 Å². The fraction of sp³-hybridized carbons (Fsp3) is 0.292. The van der Waals surface area contributed by atoms with Crippen LogP contribution in [0.3, 0.4) is 0 Å². The van der Waals surface area contributed by atoms with Crippen LogP contribution in [0.15, 0.2) is 97.8 Å². The lowest BCUT2D eigenvalue weighted by atomic mass is 10.1. The predicted molar refractivity (Wildman–Crippen MR) is 262 cm³/mol. The van der Waals surface area contributed by atoms with Gasteiger partial charge in [0.15, 0.2) is 34.3 Å². The lowest BCUT2D eigenvalue weighted by molar-refractivity contribution is 0.171. The molecule has 0 saturated carbocycles. The van der Waals surface area contributed by atoms with Crippen molar-refractivity contribution < 1.29 is 18.9 Å². The lowest BCUT2D eigenvalue weighted by Crippen LogP contribution is -2.15. The van der Waals surface area contributed by atoms with Crippen LogP contribution in [-0.2, 0) is 13.1 Å². The Hall–Kier alpha value is -6.48. The third kappa shape index (κ3) is 11.7. The van der Waals surface area contributed by atoms with Crippen LogP contribution in [-0.4, -0.2) is 65.9 Å². The maximum absolute atomic E-state index is 6.02. The van der Waals surface area contributed by atoms with Crippen molar-refractivity contribution in [3.63, 3.8) is 0 Å². The normalized spacial score (nSPS) is 11.7. The molecule has 6 heterocycles. The summed E-state index contributed by atoms with van der Waals surface area (Å²) in [4.78, 5) is 17.1. The summed E-state index contributed by atoms with van der Waals surface area (Å²) < 4.78 is 25.6. The zero-order chi connectivity index (χ0) is 40.9. The molecule has 0 fully saturated rings. The molecule has 0 amide bonds. The molecule has 10 rings (SSSR count). The highest BCUT2D eigenvalue weighted by Crippen LogP contribution is 2.32.